The van der Waals surface area contributed by atoms with E-state index in [9.17, 15) is 9.59 Å². The minimum atomic E-state index is -1.25. The normalized spacial score (nSPS) is 10.1. The molecule has 5 heteroatoms. The van der Waals surface area contributed by atoms with E-state index in [0.29, 0.717) is 5.69 Å². The first kappa shape index (κ1) is 10.5. The van der Waals surface area contributed by atoms with Crippen molar-refractivity contribution in [2.75, 3.05) is 6.61 Å². The molecule has 0 aliphatic rings. The molecule has 1 aromatic rings. The quantitative estimate of drug-likeness (QED) is 0.706. The second-order valence-electron chi connectivity index (χ2n) is 2.87. The highest BCUT2D eigenvalue weighted by molar-refractivity contribution is 5.87. The zero-order chi connectivity index (χ0) is 10.7. The van der Waals surface area contributed by atoms with Crippen LogP contribution in [-0.2, 0) is 6.54 Å². The summed E-state index contributed by atoms with van der Waals surface area (Å²) < 4.78 is 1.24. The molecule has 1 rings (SSSR count). The molecular formula is C9H11NO4. The predicted molar refractivity (Wildman–Crippen MR) is 49.5 cm³/mol. The van der Waals surface area contributed by atoms with E-state index < -0.39 is 11.5 Å². The molecule has 0 unspecified atom stereocenters. The Kier molecular flexibility index (Phi) is 3.03. The van der Waals surface area contributed by atoms with Gasteiger partial charge in [0.25, 0.3) is 5.56 Å². The SMILES string of the molecule is Cc1ccc(C(=O)O)c(=O)n1CCO. The van der Waals surface area contributed by atoms with Gasteiger partial charge in [0.05, 0.1) is 6.61 Å². The van der Waals surface area contributed by atoms with Crippen molar-refractivity contribution in [1.82, 2.24) is 4.57 Å². The van der Waals surface area contributed by atoms with Gasteiger partial charge in [0.2, 0.25) is 0 Å². The van der Waals surface area contributed by atoms with Crippen LogP contribution in [0, 0.1) is 6.92 Å². The average Bonchev–Trinajstić information content (AvgIpc) is 2.11. The van der Waals surface area contributed by atoms with Gasteiger partial charge in [-0.05, 0) is 19.1 Å². The Balaban J connectivity index is 3.34. The number of rotatable bonds is 3. The van der Waals surface area contributed by atoms with Gasteiger partial charge < -0.3 is 14.8 Å². The van der Waals surface area contributed by atoms with Crippen molar-refractivity contribution in [3.8, 4) is 0 Å². The van der Waals surface area contributed by atoms with Crippen molar-refractivity contribution >= 4 is 5.97 Å². The number of aliphatic hydroxyl groups is 1. The van der Waals surface area contributed by atoms with E-state index in [0.717, 1.165) is 0 Å². The number of carbonyl (C=O) groups is 1. The Morgan fingerprint density at radius 2 is 2.14 bits per heavy atom. The van der Waals surface area contributed by atoms with Gasteiger partial charge in [0.1, 0.15) is 5.56 Å². The highest BCUT2D eigenvalue weighted by atomic mass is 16.4. The van der Waals surface area contributed by atoms with Crippen molar-refractivity contribution in [2.45, 2.75) is 13.5 Å². The molecule has 0 fully saturated rings. The number of nitrogens with zero attached hydrogens (tertiary/aromatic N) is 1. The summed E-state index contributed by atoms with van der Waals surface area (Å²) in [6.45, 7) is 1.61. The lowest BCUT2D eigenvalue weighted by Crippen LogP contribution is -2.28. The number of carboxylic acids is 1. The molecule has 0 aliphatic carbocycles. The second kappa shape index (κ2) is 4.06. The van der Waals surface area contributed by atoms with E-state index in [1.807, 2.05) is 0 Å². The second-order valence-corrected chi connectivity index (χ2v) is 2.87. The maximum Gasteiger partial charge on any atom is 0.341 e. The Bertz CT molecular complexity index is 408. The first-order valence-corrected chi connectivity index (χ1v) is 4.12. The molecule has 1 aromatic heterocycles. The first-order valence-electron chi connectivity index (χ1n) is 4.12. The fourth-order valence-electron chi connectivity index (χ4n) is 1.21. The number of hydrogen-bond acceptors (Lipinski definition) is 3. The fraction of sp³-hybridized carbons (Fsp3) is 0.333. The molecule has 0 amide bonds. The molecule has 0 bridgehead atoms. The van der Waals surface area contributed by atoms with E-state index in [2.05, 4.69) is 0 Å². The van der Waals surface area contributed by atoms with Crippen molar-refractivity contribution in [1.29, 1.82) is 0 Å². The van der Waals surface area contributed by atoms with E-state index in [-0.39, 0.29) is 18.7 Å². The van der Waals surface area contributed by atoms with Crippen molar-refractivity contribution in [3.05, 3.63) is 33.7 Å². The van der Waals surface area contributed by atoms with Crippen LogP contribution in [0.3, 0.4) is 0 Å². The third-order valence-corrected chi connectivity index (χ3v) is 1.95. The molecular weight excluding hydrogens is 186 g/mol. The minimum Gasteiger partial charge on any atom is -0.477 e. The van der Waals surface area contributed by atoms with Gasteiger partial charge in [-0.25, -0.2) is 4.79 Å². The van der Waals surface area contributed by atoms with E-state index >= 15 is 0 Å². The van der Waals surface area contributed by atoms with Gasteiger partial charge in [-0.2, -0.15) is 0 Å². The lowest BCUT2D eigenvalue weighted by Gasteiger charge is -2.08. The molecule has 1 heterocycles. The summed E-state index contributed by atoms with van der Waals surface area (Å²) in [6.07, 6.45) is 0. The smallest absolute Gasteiger partial charge is 0.341 e. The fourth-order valence-corrected chi connectivity index (χ4v) is 1.21. The van der Waals surface area contributed by atoms with Crippen LogP contribution in [0.2, 0.25) is 0 Å². The number of pyridine rings is 1. The lowest BCUT2D eigenvalue weighted by atomic mass is 10.2. The largest absolute Gasteiger partial charge is 0.477 e. The van der Waals surface area contributed by atoms with Crippen molar-refractivity contribution in [2.24, 2.45) is 0 Å². The third-order valence-electron chi connectivity index (χ3n) is 1.95. The summed E-state index contributed by atoms with van der Waals surface area (Å²) in [6, 6.07) is 2.81. The van der Waals surface area contributed by atoms with Crippen molar-refractivity contribution in [3.63, 3.8) is 0 Å². The minimum absolute atomic E-state index is 0.117. The first-order chi connectivity index (χ1) is 6.57. The van der Waals surface area contributed by atoms with Gasteiger partial charge >= 0.3 is 5.97 Å². The summed E-state index contributed by atoms with van der Waals surface area (Å²) in [7, 11) is 0. The molecule has 0 atom stereocenters. The van der Waals surface area contributed by atoms with Gasteiger partial charge in [0.15, 0.2) is 0 Å². The monoisotopic (exact) mass is 197 g/mol. The lowest BCUT2D eigenvalue weighted by molar-refractivity contribution is 0.0694. The molecule has 0 radical (unpaired) electrons. The zero-order valence-electron chi connectivity index (χ0n) is 7.73. The molecule has 2 N–H and O–H groups in total. The van der Waals surface area contributed by atoms with Crippen LogP contribution in [-0.4, -0.2) is 27.4 Å². The Morgan fingerprint density at radius 3 is 2.64 bits per heavy atom. The Labute approximate surface area is 80.2 Å². The zero-order valence-corrected chi connectivity index (χ0v) is 7.73. The molecule has 0 saturated carbocycles. The molecule has 5 nitrogen and oxygen atoms in total. The summed E-state index contributed by atoms with van der Waals surface area (Å²) in [5.41, 5.74) is -0.218. The molecule has 0 aliphatic heterocycles. The number of aryl methyl sites for hydroxylation is 1. The maximum absolute atomic E-state index is 11.5. The summed E-state index contributed by atoms with van der Waals surface area (Å²) in [4.78, 5) is 22.1. The van der Waals surface area contributed by atoms with Gasteiger partial charge in [-0.3, -0.25) is 4.79 Å². The number of carboxylic acid groups (broad SMARTS) is 1. The predicted octanol–water partition coefficient (Wildman–Crippen LogP) is -0.153. The van der Waals surface area contributed by atoms with Crippen LogP contribution < -0.4 is 5.56 Å². The maximum atomic E-state index is 11.5. The standard InChI is InChI=1S/C9H11NO4/c1-6-2-3-7(9(13)14)8(12)10(6)4-5-11/h2-3,11H,4-5H2,1H3,(H,13,14). The number of hydrogen-bond donors (Lipinski definition) is 2. The summed E-state index contributed by atoms with van der Waals surface area (Å²) in [5.74, 6) is -1.25. The average molecular weight is 197 g/mol. The highest BCUT2D eigenvalue weighted by Gasteiger charge is 2.11. The number of aromatic nitrogens is 1. The Hall–Kier alpha value is -1.62. The van der Waals surface area contributed by atoms with E-state index in [1.165, 1.54) is 10.6 Å². The summed E-state index contributed by atoms with van der Waals surface area (Å²) >= 11 is 0. The van der Waals surface area contributed by atoms with Crippen LogP contribution >= 0.6 is 0 Å². The van der Waals surface area contributed by atoms with Gasteiger partial charge in [0, 0.05) is 12.2 Å². The molecule has 0 saturated heterocycles. The molecule has 14 heavy (non-hydrogen) atoms. The molecule has 0 spiro atoms. The van der Waals surface area contributed by atoms with E-state index in [4.69, 9.17) is 10.2 Å². The molecule has 76 valence electrons. The Morgan fingerprint density at radius 1 is 1.50 bits per heavy atom. The van der Waals surface area contributed by atoms with Gasteiger partial charge in [-0.15, -0.1) is 0 Å². The van der Waals surface area contributed by atoms with Crippen LogP contribution in [0.25, 0.3) is 0 Å². The number of aliphatic hydroxyl groups excluding tert-OH is 1. The van der Waals surface area contributed by atoms with Crippen LogP contribution in [0.1, 0.15) is 16.1 Å². The third kappa shape index (κ3) is 1.82. The topological polar surface area (TPSA) is 79.5 Å². The van der Waals surface area contributed by atoms with Gasteiger partial charge in [-0.1, -0.05) is 0 Å². The van der Waals surface area contributed by atoms with Crippen LogP contribution in [0.15, 0.2) is 16.9 Å². The van der Waals surface area contributed by atoms with Crippen LogP contribution in [0.5, 0.6) is 0 Å². The summed E-state index contributed by atoms with van der Waals surface area (Å²) in [5, 5.41) is 17.4. The number of aromatic carboxylic acids is 1. The highest BCUT2D eigenvalue weighted by Crippen LogP contribution is 1.98. The molecule has 0 aromatic carbocycles. The van der Waals surface area contributed by atoms with Crippen LogP contribution in [0.4, 0.5) is 0 Å². The van der Waals surface area contributed by atoms with E-state index in [1.54, 1.807) is 13.0 Å². The van der Waals surface area contributed by atoms with Crippen molar-refractivity contribution < 1.29 is 15.0 Å².